The Kier molecular flexibility index (Phi) is 3.38. The molecule has 0 amide bonds. The van der Waals surface area contributed by atoms with Crippen molar-refractivity contribution in [1.29, 1.82) is 0 Å². The first kappa shape index (κ1) is 13.3. The third-order valence-electron chi connectivity index (χ3n) is 2.85. The monoisotopic (exact) mass is 258 g/mol. The molecule has 0 saturated carbocycles. The highest BCUT2D eigenvalue weighted by Gasteiger charge is 2.18. The van der Waals surface area contributed by atoms with E-state index < -0.39 is 0 Å². The zero-order valence-corrected chi connectivity index (χ0v) is 11.3. The Morgan fingerprint density at radius 3 is 1.95 bits per heavy atom. The van der Waals surface area contributed by atoms with Gasteiger partial charge in [0.05, 0.1) is 0 Å². The van der Waals surface area contributed by atoms with Gasteiger partial charge in [-0.1, -0.05) is 26.8 Å². The van der Waals surface area contributed by atoms with Gasteiger partial charge in [0.1, 0.15) is 23.0 Å². The summed E-state index contributed by atoms with van der Waals surface area (Å²) in [7, 11) is 0. The van der Waals surface area contributed by atoms with Gasteiger partial charge in [0.15, 0.2) is 0 Å². The predicted molar refractivity (Wildman–Crippen MR) is 75.0 cm³/mol. The van der Waals surface area contributed by atoms with Crippen LogP contribution >= 0.6 is 0 Å². The Morgan fingerprint density at radius 2 is 1.42 bits per heavy atom. The van der Waals surface area contributed by atoms with Crippen LogP contribution < -0.4 is 4.74 Å². The van der Waals surface area contributed by atoms with Crippen LogP contribution in [0.15, 0.2) is 42.5 Å². The summed E-state index contributed by atoms with van der Waals surface area (Å²) in [6.07, 6.45) is 0. The lowest BCUT2D eigenvalue weighted by Gasteiger charge is -2.20. The standard InChI is InChI=1S/C16H18O3/c1-16(2,3)14-9-8-13(10-15(14)18)19-12-6-4-11(17)5-7-12/h4-10,17-18H,1-3H3. The number of rotatable bonds is 2. The van der Waals surface area contributed by atoms with Gasteiger partial charge in [-0.3, -0.25) is 0 Å². The summed E-state index contributed by atoms with van der Waals surface area (Å²) in [6.45, 7) is 6.13. The number of phenolic OH excluding ortho intramolecular Hbond substituents is 2. The minimum atomic E-state index is -0.110. The summed E-state index contributed by atoms with van der Waals surface area (Å²) in [5, 5.41) is 19.2. The molecule has 0 aromatic heterocycles. The highest BCUT2D eigenvalue weighted by molar-refractivity contribution is 5.45. The van der Waals surface area contributed by atoms with E-state index in [2.05, 4.69) is 0 Å². The van der Waals surface area contributed by atoms with Crippen LogP contribution in [0.5, 0.6) is 23.0 Å². The SMILES string of the molecule is CC(C)(C)c1ccc(Oc2ccc(O)cc2)cc1O. The second-order valence-corrected chi connectivity index (χ2v) is 5.52. The summed E-state index contributed by atoms with van der Waals surface area (Å²) < 4.78 is 5.61. The van der Waals surface area contributed by atoms with Crippen molar-refractivity contribution in [2.24, 2.45) is 0 Å². The van der Waals surface area contributed by atoms with Gasteiger partial charge in [-0.15, -0.1) is 0 Å². The zero-order chi connectivity index (χ0) is 14.0. The number of hydrogen-bond donors (Lipinski definition) is 2. The van der Waals surface area contributed by atoms with Gasteiger partial charge in [-0.05, 0) is 41.3 Å². The van der Waals surface area contributed by atoms with E-state index in [0.29, 0.717) is 11.5 Å². The fourth-order valence-electron chi connectivity index (χ4n) is 1.86. The van der Waals surface area contributed by atoms with Crippen LogP contribution in [0.25, 0.3) is 0 Å². The largest absolute Gasteiger partial charge is 0.508 e. The lowest BCUT2D eigenvalue weighted by atomic mass is 9.86. The number of phenols is 2. The Balaban J connectivity index is 2.23. The molecule has 2 N–H and O–H groups in total. The van der Waals surface area contributed by atoms with E-state index in [1.807, 2.05) is 32.9 Å². The van der Waals surface area contributed by atoms with Crippen LogP contribution in [0.2, 0.25) is 0 Å². The predicted octanol–water partition coefficient (Wildman–Crippen LogP) is 4.19. The van der Waals surface area contributed by atoms with Crippen molar-refractivity contribution in [3.8, 4) is 23.0 Å². The molecule has 0 unspecified atom stereocenters. The van der Waals surface area contributed by atoms with Crippen molar-refractivity contribution in [3.63, 3.8) is 0 Å². The van der Waals surface area contributed by atoms with Gasteiger partial charge in [0, 0.05) is 6.07 Å². The van der Waals surface area contributed by atoms with Crippen molar-refractivity contribution in [1.82, 2.24) is 0 Å². The molecule has 19 heavy (non-hydrogen) atoms. The minimum Gasteiger partial charge on any atom is -0.508 e. The molecular weight excluding hydrogens is 240 g/mol. The van der Waals surface area contributed by atoms with E-state index in [-0.39, 0.29) is 16.9 Å². The van der Waals surface area contributed by atoms with Gasteiger partial charge in [0.2, 0.25) is 0 Å². The molecule has 2 aromatic carbocycles. The molecule has 0 saturated heterocycles. The van der Waals surface area contributed by atoms with Crippen LogP contribution in [0.4, 0.5) is 0 Å². The van der Waals surface area contributed by atoms with Gasteiger partial charge in [0.25, 0.3) is 0 Å². The lowest BCUT2D eigenvalue weighted by molar-refractivity contribution is 0.433. The molecule has 100 valence electrons. The van der Waals surface area contributed by atoms with Crippen LogP contribution in [0.3, 0.4) is 0 Å². The van der Waals surface area contributed by atoms with Crippen molar-refractivity contribution in [2.75, 3.05) is 0 Å². The van der Waals surface area contributed by atoms with Crippen LogP contribution in [0.1, 0.15) is 26.3 Å². The number of aromatic hydroxyl groups is 2. The molecule has 0 aliphatic heterocycles. The third-order valence-corrected chi connectivity index (χ3v) is 2.85. The molecule has 0 heterocycles. The number of ether oxygens (including phenoxy) is 1. The van der Waals surface area contributed by atoms with Gasteiger partial charge >= 0.3 is 0 Å². The summed E-state index contributed by atoms with van der Waals surface area (Å²) in [6, 6.07) is 11.7. The molecular formula is C16H18O3. The van der Waals surface area contributed by atoms with E-state index >= 15 is 0 Å². The quantitative estimate of drug-likeness (QED) is 0.849. The molecule has 3 nitrogen and oxygen atoms in total. The Bertz CT molecular complexity index is 566. The molecule has 0 radical (unpaired) electrons. The summed E-state index contributed by atoms with van der Waals surface area (Å²) >= 11 is 0. The average molecular weight is 258 g/mol. The Morgan fingerprint density at radius 1 is 0.842 bits per heavy atom. The number of benzene rings is 2. The summed E-state index contributed by atoms with van der Waals surface area (Å²) in [5.41, 5.74) is 0.770. The normalized spacial score (nSPS) is 11.3. The maximum Gasteiger partial charge on any atom is 0.131 e. The molecule has 0 bridgehead atoms. The second-order valence-electron chi connectivity index (χ2n) is 5.52. The van der Waals surface area contributed by atoms with Gasteiger partial charge in [-0.25, -0.2) is 0 Å². The first-order valence-corrected chi connectivity index (χ1v) is 6.16. The molecule has 0 spiro atoms. The Labute approximate surface area is 113 Å². The van der Waals surface area contributed by atoms with Crippen LogP contribution in [0, 0.1) is 0 Å². The third kappa shape index (κ3) is 3.19. The molecule has 0 fully saturated rings. The minimum absolute atomic E-state index is 0.110. The Hall–Kier alpha value is -2.16. The maximum atomic E-state index is 10.0. The van der Waals surface area contributed by atoms with Crippen LogP contribution in [-0.4, -0.2) is 10.2 Å². The van der Waals surface area contributed by atoms with Crippen molar-refractivity contribution < 1.29 is 14.9 Å². The maximum absolute atomic E-state index is 10.0. The van der Waals surface area contributed by atoms with E-state index in [1.54, 1.807) is 30.3 Å². The van der Waals surface area contributed by atoms with E-state index in [0.717, 1.165) is 5.56 Å². The first-order valence-electron chi connectivity index (χ1n) is 6.16. The topological polar surface area (TPSA) is 49.7 Å². The molecule has 3 heteroatoms. The van der Waals surface area contributed by atoms with E-state index in [9.17, 15) is 10.2 Å². The van der Waals surface area contributed by atoms with Crippen LogP contribution in [-0.2, 0) is 5.41 Å². The summed E-state index contributed by atoms with van der Waals surface area (Å²) in [5.74, 6) is 1.60. The van der Waals surface area contributed by atoms with Gasteiger partial charge < -0.3 is 14.9 Å². The molecule has 0 aliphatic carbocycles. The highest BCUT2D eigenvalue weighted by atomic mass is 16.5. The average Bonchev–Trinajstić information content (AvgIpc) is 2.30. The fraction of sp³-hybridized carbons (Fsp3) is 0.250. The molecule has 2 aromatic rings. The summed E-state index contributed by atoms with van der Waals surface area (Å²) in [4.78, 5) is 0. The lowest BCUT2D eigenvalue weighted by Crippen LogP contribution is -2.11. The first-order chi connectivity index (χ1) is 8.86. The van der Waals surface area contributed by atoms with Crippen molar-refractivity contribution in [2.45, 2.75) is 26.2 Å². The van der Waals surface area contributed by atoms with Gasteiger partial charge in [-0.2, -0.15) is 0 Å². The zero-order valence-electron chi connectivity index (χ0n) is 11.3. The molecule has 0 aliphatic rings. The highest BCUT2D eigenvalue weighted by Crippen LogP contribution is 2.34. The number of hydrogen-bond acceptors (Lipinski definition) is 3. The van der Waals surface area contributed by atoms with Crippen molar-refractivity contribution in [3.05, 3.63) is 48.0 Å². The second kappa shape index (κ2) is 4.84. The molecule has 2 rings (SSSR count). The smallest absolute Gasteiger partial charge is 0.131 e. The fourth-order valence-corrected chi connectivity index (χ4v) is 1.86. The molecule has 0 atom stereocenters. The van der Waals surface area contributed by atoms with Crippen molar-refractivity contribution >= 4 is 0 Å². The van der Waals surface area contributed by atoms with E-state index in [4.69, 9.17) is 4.74 Å². The van der Waals surface area contributed by atoms with E-state index in [1.165, 1.54) is 0 Å².